The Morgan fingerprint density at radius 3 is 2.59 bits per heavy atom. The molecule has 1 aliphatic carbocycles. The lowest BCUT2D eigenvalue weighted by Crippen LogP contribution is -2.47. The average molecular weight is 389 g/mol. The highest BCUT2D eigenvalue weighted by Gasteiger charge is 2.46. The van der Waals surface area contributed by atoms with Gasteiger partial charge in [-0.2, -0.15) is 5.26 Å². The van der Waals surface area contributed by atoms with Gasteiger partial charge in [-0.05, 0) is 24.0 Å². The fourth-order valence-corrected chi connectivity index (χ4v) is 4.30. The number of hydrogen-bond donors (Lipinski definition) is 1. The van der Waals surface area contributed by atoms with Crippen molar-refractivity contribution in [3.8, 4) is 6.07 Å². The molecule has 1 aliphatic heterocycles. The summed E-state index contributed by atoms with van der Waals surface area (Å²) in [6.07, 6.45) is 0.891. The van der Waals surface area contributed by atoms with Crippen LogP contribution in [0.1, 0.15) is 38.2 Å². The molecule has 0 radical (unpaired) electrons. The van der Waals surface area contributed by atoms with Crippen LogP contribution in [0.25, 0.3) is 0 Å². The molecule has 0 fully saturated rings. The summed E-state index contributed by atoms with van der Waals surface area (Å²) in [5.74, 6) is -1.39. The van der Waals surface area contributed by atoms with E-state index in [1.807, 2.05) is 13.8 Å². The summed E-state index contributed by atoms with van der Waals surface area (Å²) < 4.78 is 14.8. The second kappa shape index (κ2) is 6.66. The number of rotatable bonds is 2. The second-order valence-electron chi connectivity index (χ2n) is 7.94. The van der Waals surface area contributed by atoms with E-state index in [-0.39, 0.29) is 33.2 Å². The van der Waals surface area contributed by atoms with E-state index in [1.54, 1.807) is 30.2 Å². The van der Waals surface area contributed by atoms with Crippen LogP contribution >= 0.6 is 11.6 Å². The third kappa shape index (κ3) is 3.11. The summed E-state index contributed by atoms with van der Waals surface area (Å²) in [6.45, 7) is 4.01. The minimum absolute atomic E-state index is 0.113. The molecule has 0 amide bonds. The third-order valence-corrected chi connectivity index (χ3v) is 5.37. The van der Waals surface area contributed by atoms with Crippen LogP contribution in [0, 0.1) is 22.6 Å². The highest BCUT2D eigenvalue weighted by molar-refractivity contribution is 6.31. The molecule has 1 atom stereocenters. The molecule has 142 valence electrons. The fourth-order valence-electron chi connectivity index (χ4n) is 4.02. The lowest BCUT2D eigenvalue weighted by molar-refractivity contribution is -0.119. The lowest BCUT2D eigenvalue weighted by Gasteiger charge is -2.45. The van der Waals surface area contributed by atoms with E-state index in [9.17, 15) is 14.4 Å². The normalized spacial score (nSPS) is 22.2. The molecule has 0 saturated carbocycles. The first kappa shape index (κ1) is 19.4. The number of carbonyl (C=O) groups excluding carboxylic acids is 1. The molecule has 1 aromatic carbocycles. The molecule has 27 heavy (non-hydrogen) atoms. The number of nitrogens with two attached hydrogens (primary N) is 1. The van der Waals surface area contributed by atoms with Gasteiger partial charge in [0, 0.05) is 42.4 Å². The summed E-state index contributed by atoms with van der Waals surface area (Å²) in [5, 5.41) is 13.4. The Kier molecular flexibility index (Phi) is 4.79. The van der Waals surface area contributed by atoms with Crippen molar-refractivity contribution >= 4 is 17.4 Å². The molecule has 0 bridgehead atoms. The predicted molar refractivity (Wildman–Crippen MR) is 102 cm³/mol. The summed E-state index contributed by atoms with van der Waals surface area (Å²) in [5.41, 5.74) is 7.42. The Morgan fingerprint density at radius 1 is 1.37 bits per heavy atom. The molecule has 2 N–H and O–H groups in total. The number of Topliss-reactive ketones (excluding diaryl/α,β-unsaturated/α-hetero) is 1. The van der Waals surface area contributed by atoms with E-state index in [2.05, 4.69) is 6.07 Å². The minimum atomic E-state index is -0.904. The topological polar surface area (TPSA) is 73.4 Å². The van der Waals surface area contributed by atoms with Gasteiger partial charge in [-0.15, -0.1) is 0 Å². The van der Waals surface area contributed by atoms with Gasteiger partial charge in [0.15, 0.2) is 5.78 Å². The van der Waals surface area contributed by atoms with E-state index in [0.29, 0.717) is 24.1 Å². The van der Waals surface area contributed by atoms with E-state index in [1.165, 1.54) is 12.1 Å². The highest BCUT2D eigenvalue weighted by atomic mass is 35.5. The standard InChI is InChI=1S/C20H22ClFN4O/c1-20(2)8-14-18(15(27)9-20)16(17-12(21)6-5-7-13(17)22)11(10-23)19(24)26(14)25(3)4/h5-7,16H,8-9,24H2,1-4H3/t16-/m0/s1. The van der Waals surface area contributed by atoms with Crippen molar-refractivity contribution in [2.75, 3.05) is 14.1 Å². The van der Waals surface area contributed by atoms with Crippen molar-refractivity contribution < 1.29 is 9.18 Å². The number of halogens is 2. The molecule has 2 aliphatic rings. The number of ketones is 1. The maximum Gasteiger partial charge on any atom is 0.162 e. The average Bonchev–Trinajstić information content (AvgIpc) is 2.52. The smallest absolute Gasteiger partial charge is 0.162 e. The molecule has 0 aromatic heterocycles. The molecule has 1 aromatic rings. The first-order chi connectivity index (χ1) is 12.6. The maximum absolute atomic E-state index is 14.8. The van der Waals surface area contributed by atoms with Gasteiger partial charge in [-0.25, -0.2) is 9.40 Å². The fraction of sp³-hybridized carbons (Fsp3) is 0.400. The van der Waals surface area contributed by atoms with Crippen molar-refractivity contribution in [1.82, 2.24) is 10.0 Å². The first-order valence-electron chi connectivity index (χ1n) is 8.66. The maximum atomic E-state index is 14.8. The summed E-state index contributed by atoms with van der Waals surface area (Å²) in [4.78, 5) is 13.1. The Balaban J connectivity index is 2.36. The number of allylic oxidation sites excluding steroid dienone is 3. The minimum Gasteiger partial charge on any atom is -0.383 e. The van der Waals surface area contributed by atoms with Gasteiger partial charge in [-0.3, -0.25) is 9.80 Å². The van der Waals surface area contributed by atoms with E-state index >= 15 is 0 Å². The van der Waals surface area contributed by atoms with Crippen LogP contribution in [0.15, 0.2) is 40.9 Å². The van der Waals surface area contributed by atoms with Crippen LogP contribution in [0.5, 0.6) is 0 Å². The Morgan fingerprint density at radius 2 is 2.04 bits per heavy atom. The van der Waals surface area contributed by atoms with E-state index in [4.69, 9.17) is 17.3 Å². The molecule has 0 unspecified atom stereocenters. The number of hydrazine groups is 1. The Labute approximate surface area is 163 Å². The largest absolute Gasteiger partial charge is 0.383 e. The first-order valence-corrected chi connectivity index (χ1v) is 9.04. The van der Waals surface area contributed by atoms with Crippen LogP contribution in [-0.2, 0) is 4.79 Å². The zero-order chi connectivity index (χ0) is 20.1. The lowest BCUT2D eigenvalue weighted by atomic mass is 9.69. The molecule has 1 heterocycles. The zero-order valence-corrected chi connectivity index (χ0v) is 16.6. The number of nitriles is 1. The number of nitrogens with zero attached hydrogens (tertiary/aromatic N) is 3. The van der Waals surface area contributed by atoms with Gasteiger partial charge < -0.3 is 5.73 Å². The molecular formula is C20H22ClFN4O. The predicted octanol–water partition coefficient (Wildman–Crippen LogP) is 3.69. The van der Waals surface area contributed by atoms with Gasteiger partial charge in [0.25, 0.3) is 0 Å². The molecule has 0 spiro atoms. The molecule has 7 heteroatoms. The van der Waals surface area contributed by atoms with Gasteiger partial charge in [-0.1, -0.05) is 31.5 Å². The summed E-state index contributed by atoms with van der Waals surface area (Å²) in [6, 6.07) is 6.42. The molecular weight excluding hydrogens is 367 g/mol. The van der Waals surface area contributed by atoms with Crippen molar-refractivity contribution in [2.45, 2.75) is 32.6 Å². The van der Waals surface area contributed by atoms with Crippen LogP contribution in [0.2, 0.25) is 5.02 Å². The third-order valence-electron chi connectivity index (χ3n) is 5.04. The van der Waals surface area contributed by atoms with Crippen LogP contribution in [-0.4, -0.2) is 29.9 Å². The van der Waals surface area contributed by atoms with Crippen molar-refractivity contribution in [3.05, 3.63) is 57.3 Å². The van der Waals surface area contributed by atoms with E-state index in [0.717, 1.165) is 0 Å². The van der Waals surface area contributed by atoms with Crippen LogP contribution in [0.4, 0.5) is 4.39 Å². The number of benzene rings is 1. The van der Waals surface area contributed by atoms with Crippen molar-refractivity contribution in [2.24, 2.45) is 11.1 Å². The van der Waals surface area contributed by atoms with Crippen LogP contribution < -0.4 is 5.73 Å². The Hall–Kier alpha value is -2.36. The summed E-state index contributed by atoms with van der Waals surface area (Å²) >= 11 is 6.30. The molecule has 0 saturated heterocycles. The zero-order valence-electron chi connectivity index (χ0n) is 15.8. The second-order valence-corrected chi connectivity index (χ2v) is 8.35. The van der Waals surface area contributed by atoms with E-state index < -0.39 is 11.7 Å². The van der Waals surface area contributed by atoms with Crippen molar-refractivity contribution in [3.63, 3.8) is 0 Å². The van der Waals surface area contributed by atoms with Gasteiger partial charge in [0.1, 0.15) is 11.6 Å². The monoisotopic (exact) mass is 388 g/mol. The van der Waals surface area contributed by atoms with Gasteiger partial charge >= 0.3 is 0 Å². The Bertz CT molecular complexity index is 906. The number of carbonyl (C=O) groups is 1. The number of hydrogen-bond acceptors (Lipinski definition) is 5. The van der Waals surface area contributed by atoms with Crippen LogP contribution in [0.3, 0.4) is 0 Å². The van der Waals surface area contributed by atoms with Crippen molar-refractivity contribution in [1.29, 1.82) is 5.26 Å². The highest BCUT2D eigenvalue weighted by Crippen LogP contribution is 2.50. The molecule has 5 nitrogen and oxygen atoms in total. The van der Waals surface area contributed by atoms with Gasteiger partial charge in [0.2, 0.25) is 0 Å². The van der Waals surface area contributed by atoms with Gasteiger partial charge in [0.05, 0.1) is 17.6 Å². The quantitative estimate of drug-likeness (QED) is 0.836. The summed E-state index contributed by atoms with van der Waals surface area (Å²) in [7, 11) is 3.57. The SMILES string of the molecule is CN(C)N1C(N)=C(C#N)[C@@H](c2c(F)cccc2Cl)C2=C1CC(C)(C)CC2=O. The molecule has 3 rings (SSSR count).